The molecule has 0 amide bonds. The molecule has 0 unspecified atom stereocenters. The highest BCUT2D eigenvalue weighted by Crippen LogP contribution is 2.38. The molecule has 6 heteroatoms. The number of hydrogen-bond donors (Lipinski definition) is 2. The third-order valence-corrected chi connectivity index (χ3v) is 5.28. The predicted octanol–water partition coefficient (Wildman–Crippen LogP) is 4.28. The van der Waals surface area contributed by atoms with Crippen LogP contribution in [0, 0.1) is 18.3 Å². The summed E-state index contributed by atoms with van der Waals surface area (Å²) >= 11 is 0. The number of fused-ring (bicyclic) bond motifs is 1. The van der Waals surface area contributed by atoms with Crippen molar-refractivity contribution < 1.29 is 0 Å². The number of para-hydroxylation sites is 2. The lowest BCUT2D eigenvalue weighted by Gasteiger charge is -2.20. The maximum atomic E-state index is 9.98. The first kappa shape index (κ1) is 17.3. The zero-order valence-corrected chi connectivity index (χ0v) is 15.8. The van der Waals surface area contributed by atoms with Crippen molar-refractivity contribution in [2.24, 2.45) is 0 Å². The number of aryl methyl sites for hydroxylation is 1. The van der Waals surface area contributed by atoms with Crippen molar-refractivity contribution in [3.05, 3.63) is 47.5 Å². The van der Waals surface area contributed by atoms with Gasteiger partial charge in [-0.15, -0.1) is 0 Å². The Labute approximate surface area is 159 Å². The van der Waals surface area contributed by atoms with Crippen molar-refractivity contribution in [1.82, 2.24) is 9.97 Å². The molecule has 6 nitrogen and oxygen atoms in total. The first-order valence-electron chi connectivity index (χ1n) is 9.59. The van der Waals surface area contributed by atoms with Crippen LogP contribution in [0.15, 0.2) is 36.3 Å². The Hall–Kier alpha value is -3.07. The maximum absolute atomic E-state index is 9.98. The van der Waals surface area contributed by atoms with E-state index in [0.29, 0.717) is 23.3 Å². The molecule has 1 aliphatic carbocycles. The fraction of sp³-hybridized carbons (Fsp3) is 0.381. The number of hydrogen-bond acceptors (Lipinski definition) is 6. The summed E-state index contributed by atoms with van der Waals surface area (Å²) in [6.45, 7) is 4.80. The van der Waals surface area contributed by atoms with Crippen molar-refractivity contribution in [2.75, 3.05) is 22.1 Å². The molecule has 1 saturated carbocycles. The quantitative estimate of drug-likeness (QED) is 0.793. The smallest absolute Gasteiger partial charge is 0.223 e. The van der Waals surface area contributed by atoms with Gasteiger partial charge in [-0.3, -0.25) is 0 Å². The van der Waals surface area contributed by atoms with E-state index in [1.54, 1.807) is 6.20 Å². The number of allylic oxidation sites excluding steroid dienone is 1. The molecule has 1 fully saturated rings. The largest absolute Gasteiger partial charge is 0.351 e. The molecule has 27 heavy (non-hydrogen) atoms. The fourth-order valence-corrected chi connectivity index (χ4v) is 3.89. The van der Waals surface area contributed by atoms with Gasteiger partial charge < -0.3 is 15.5 Å². The van der Waals surface area contributed by atoms with Crippen LogP contribution in [0.5, 0.6) is 0 Å². The molecular weight excluding hydrogens is 336 g/mol. The topological polar surface area (TPSA) is 76.9 Å². The predicted molar refractivity (Wildman–Crippen MR) is 108 cm³/mol. The van der Waals surface area contributed by atoms with Gasteiger partial charge in [-0.1, -0.05) is 25.0 Å². The van der Waals surface area contributed by atoms with E-state index >= 15 is 0 Å². The van der Waals surface area contributed by atoms with E-state index in [0.717, 1.165) is 42.1 Å². The van der Waals surface area contributed by atoms with E-state index in [2.05, 4.69) is 39.6 Å². The van der Waals surface area contributed by atoms with Gasteiger partial charge in [0.25, 0.3) is 0 Å². The van der Waals surface area contributed by atoms with Crippen LogP contribution in [0.4, 0.5) is 17.3 Å². The number of rotatable bonds is 4. The summed E-state index contributed by atoms with van der Waals surface area (Å²) in [5, 5.41) is 16.8. The molecule has 138 valence electrons. The molecule has 1 aliphatic heterocycles. The fourth-order valence-electron chi connectivity index (χ4n) is 3.89. The van der Waals surface area contributed by atoms with E-state index in [-0.39, 0.29) is 0 Å². The van der Waals surface area contributed by atoms with Gasteiger partial charge in [-0.2, -0.15) is 5.26 Å². The number of aromatic nitrogens is 2. The average Bonchev–Trinajstić information content (AvgIpc) is 3.32. The van der Waals surface area contributed by atoms with E-state index in [9.17, 15) is 5.26 Å². The van der Waals surface area contributed by atoms with E-state index in [1.807, 2.05) is 25.1 Å². The van der Waals surface area contributed by atoms with Gasteiger partial charge >= 0.3 is 0 Å². The lowest BCUT2D eigenvalue weighted by atomic mass is 10.1. The van der Waals surface area contributed by atoms with Crippen molar-refractivity contribution in [1.29, 1.82) is 5.26 Å². The Bertz CT molecular complexity index is 921. The third-order valence-electron chi connectivity index (χ3n) is 5.28. The number of benzene rings is 1. The number of nitrogens with one attached hydrogen (secondary N) is 2. The molecule has 4 rings (SSSR count). The molecule has 0 radical (unpaired) electrons. The van der Waals surface area contributed by atoms with Crippen molar-refractivity contribution in [3.63, 3.8) is 0 Å². The SMILES string of the molecule is CCN1/C(=C(\C#N)c2nc(NC3CCCC3)ncc2C)Nc2ccccc21. The summed E-state index contributed by atoms with van der Waals surface area (Å²) < 4.78 is 0. The molecule has 2 aromatic rings. The van der Waals surface area contributed by atoms with Crippen LogP contribution in [0.3, 0.4) is 0 Å². The Kier molecular flexibility index (Phi) is 4.68. The number of nitrogens with zero attached hydrogens (tertiary/aromatic N) is 4. The minimum Gasteiger partial charge on any atom is -0.351 e. The van der Waals surface area contributed by atoms with Crippen LogP contribution < -0.4 is 15.5 Å². The Morgan fingerprint density at radius 3 is 2.85 bits per heavy atom. The van der Waals surface area contributed by atoms with Crippen LogP contribution in [0.25, 0.3) is 5.57 Å². The van der Waals surface area contributed by atoms with Crippen molar-refractivity contribution in [3.8, 4) is 6.07 Å². The number of nitriles is 1. The maximum Gasteiger partial charge on any atom is 0.223 e. The van der Waals surface area contributed by atoms with Crippen molar-refractivity contribution in [2.45, 2.75) is 45.6 Å². The highest BCUT2D eigenvalue weighted by Gasteiger charge is 2.27. The van der Waals surface area contributed by atoms with E-state index in [1.165, 1.54) is 12.8 Å². The van der Waals surface area contributed by atoms with E-state index in [4.69, 9.17) is 4.98 Å². The minimum absolute atomic E-state index is 0.430. The third kappa shape index (κ3) is 3.21. The molecule has 1 aromatic heterocycles. The van der Waals surface area contributed by atoms with Crippen LogP contribution in [0.2, 0.25) is 0 Å². The summed E-state index contributed by atoms with van der Waals surface area (Å²) in [4.78, 5) is 11.3. The highest BCUT2D eigenvalue weighted by atomic mass is 15.3. The van der Waals surface area contributed by atoms with Gasteiger partial charge in [0.2, 0.25) is 5.95 Å². The average molecular weight is 360 g/mol. The van der Waals surface area contributed by atoms with E-state index < -0.39 is 0 Å². The summed E-state index contributed by atoms with van der Waals surface area (Å²) in [6, 6.07) is 10.9. The zero-order valence-electron chi connectivity index (χ0n) is 15.8. The highest BCUT2D eigenvalue weighted by molar-refractivity contribution is 5.91. The second-order valence-electron chi connectivity index (χ2n) is 7.07. The van der Waals surface area contributed by atoms with Crippen LogP contribution in [-0.4, -0.2) is 22.6 Å². The Morgan fingerprint density at radius 2 is 2.11 bits per heavy atom. The molecule has 2 heterocycles. The Morgan fingerprint density at radius 1 is 1.33 bits per heavy atom. The molecule has 1 aromatic carbocycles. The van der Waals surface area contributed by atoms with Crippen LogP contribution in [-0.2, 0) is 0 Å². The van der Waals surface area contributed by atoms with Crippen LogP contribution >= 0.6 is 0 Å². The van der Waals surface area contributed by atoms with Gasteiger partial charge in [-0.25, -0.2) is 9.97 Å². The molecule has 0 saturated heterocycles. The molecule has 2 N–H and O–H groups in total. The zero-order chi connectivity index (χ0) is 18.8. The lowest BCUT2D eigenvalue weighted by Crippen LogP contribution is -2.22. The molecule has 0 bridgehead atoms. The second-order valence-corrected chi connectivity index (χ2v) is 7.07. The number of anilines is 3. The second kappa shape index (κ2) is 7.28. The normalized spacial score (nSPS) is 18.0. The summed E-state index contributed by atoms with van der Waals surface area (Å²) in [6.07, 6.45) is 6.60. The van der Waals surface area contributed by atoms with Gasteiger partial charge in [0.15, 0.2) is 0 Å². The van der Waals surface area contributed by atoms with Crippen molar-refractivity contribution >= 4 is 22.9 Å². The molecule has 2 aliphatic rings. The summed E-state index contributed by atoms with van der Waals surface area (Å²) in [5.41, 5.74) is 4.21. The summed E-state index contributed by atoms with van der Waals surface area (Å²) in [7, 11) is 0. The van der Waals surface area contributed by atoms with Gasteiger partial charge in [0, 0.05) is 18.8 Å². The molecule has 0 atom stereocenters. The van der Waals surface area contributed by atoms with Crippen LogP contribution in [0.1, 0.15) is 43.9 Å². The lowest BCUT2D eigenvalue weighted by molar-refractivity contribution is 0.743. The summed E-state index contributed by atoms with van der Waals surface area (Å²) in [5.74, 6) is 1.39. The molecule has 0 spiro atoms. The van der Waals surface area contributed by atoms with Gasteiger partial charge in [0.05, 0.1) is 17.1 Å². The standard InChI is InChI=1S/C21H24N6/c1-3-27-18-11-7-6-10-17(18)25-20(27)16(12-22)19-14(2)13-23-21(26-19)24-15-8-4-5-9-15/h6-7,10-11,13,15,25H,3-5,8-9H2,1-2H3,(H,23,24,26)/b20-16+. The molecular formula is C21H24N6. The monoisotopic (exact) mass is 360 g/mol. The van der Waals surface area contributed by atoms with Gasteiger partial charge in [-0.05, 0) is 44.4 Å². The van der Waals surface area contributed by atoms with Gasteiger partial charge in [0.1, 0.15) is 17.5 Å². The first-order chi connectivity index (χ1) is 13.2. The minimum atomic E-state index is 0.430. The Balaban J connectivity index is 1.74. The first-order valence-corrected chi connectivity index (χ1v) is 9.59.